The van der Waals surface area contributed by atoms with Crippen molar-refractivity contribution in [1.82, 2.24) is 5.32 Å². The molecule has 1 amide bonds. The number of hydrogen-bond donors (Lipinski definition) is 2. The zero-order chi connectivity index (χ0) is 14.3. The summed E-state index contributed by atoms with van der Waals surface area (Å²) in [5.41, 5.74) is 6.02. The van der Waals surface area contributed by atoms with E-state index in [1.165, 1.54) is 19.3 Å². The lowest BCUT2D eigenvalue weighted by Gasteiger charge is -2.35. The van der Waals surface area contributed by atoms with Gasteiger partial charge in [0.05, 0.1) is 0 Å². The third kappa shape index (κ3) is 4.74. The number of carbonyl (C=O) groups is 1. The maximum absolute atomic E-state index is 12.1. The highest BCUT2D eigenvalue weighted by Crippen LogP contribution is 2.38. The molecule has 0 aromatic heterocycles. The monoisotopic (exact) mass is 282 g/mol. The fourth-order valence-electron chi connectivity index (χ4n) is 3.61. The minimum absolute atomic E-state index is 0.0843. The van der Waals surface area contributed by atoms with Crippen LogP contribution >= 0.6 is 0 Å². The van der Waals surface area contributed by atoms with Crippen molar-refractivity contribution in [1.29, 1.82) is 0 Å². The molecule has 0 unspecified atom stereocenters. The van der Waals surface area contributed by atoms with Crippen LogP contribution in [0, 0.1) is 11.3 Å². The molecule has 0 aromatic carbocycles. The average molecular weight is 282 g/mol. The van der Waals surface area contributed by atoms with Crippen LogP contribution in [0.25, 0.3) is 0 Å². The molecule has 116 valence electrons. The van der Waals surface area contributed by atoms with Crippen molar-refractivity contribution in [2.24, 2.45) is 17.1 Å². The molecule has 0 spiro atoms. The predicted molar refractivity (Wildman–Crippen MR) is 80.4 cm³/mol. The zero-order valence-electron chi connectivity index (χ0n) is 12.7. The first-order valence-electron chi connectivity index (χ1n) is 8.29. The Balaban J connectivity index is 1.66. The van der Waals surface area contributed by atoms with Crippen LogP contribution in [0.3, 0.4) is 0 Å². The molecule has 1 saturated carbocycles. The molecule has 1 aliphatic carbocycles. The van der Waals surface area contributed by atoms with Crippen LogP contribution in [0.1, 0.15) is 57.8 Å². The summed E-state index contributed by atoms with van der Waals surface area (Å²) in [6.45, 7) is 3.23. The van der Waals surface area contributed by atoms with Crippen molar-refractivity contribution < 1.29 is 9.53 Å². The van der Waals surface area contributed by atoms with Gasteiger partial charge in [0.15, 0.2) is 0 Å². The first-order valence-corrected chi connectivity index (χ1v) is 8.29. The van der Waals surface area contributed by atoms with E-state index in [1.54, 1.807) is 0 Å². The van der Waals surface area contributed by atoms with Crippen molar-refractivity contribution in [3.63, 3.8) is 0 Å². The Bertz CT molecular complexity index is 295. The number of nitrogens with two attached hydrogens (primary N) is 1. The van der Waals surface area contributed by atoms with Crippen molar-refractivity contribution in [3.05, 3.63) is 0 Å². The van der Waals surface area contributed by atoms with Crippen molar-refractivity contribution in [3.8, 4) is 0 Å². The molecule has 0 aromatic rings. The van der Waals surface area contributed by atoms with Gasteiger partial charge in [0.2, 0.25) is 5.91 Å². The Hall–Kier alpha value is -0.610. The highest BCUT2D eigenvalue weighted by molar-refractivity contribution is 5.76. The van der Waals surface area contributed by atoms with Crippen LogP contribution in [0.5, 0.6) is 0 Å². The van der Waals surface area contributed by atoms with Crippen molar-refractivity contribution >= 4 is 5.91 Å². The summed E-state index contributed by atoms with van der Waals surface area (Å²) < 4.78 is 5.35. The van der Waals surface area contributed by atoms with Crippen molar-refractivity contribution in [2.75, 3.05) is 26.3 Å². The van der Waals surface area contributed by atoms with Gasteiger partial charge >= 0.3 is 0 Å². The van der Waals surface area contributed by atoms with Crippen LogP contribution in [0.2, 0.25) is 0 Å². The molecule has 2 rings (SSSR count). The van der Waals surface area contributed by atoms with Crippen LogP contribution in [-0.2, 0) is 9.53 Å². The summed E-state index contributed by atoms with van der Waals surface area (Å²) in [6, 6.07) is 0. The summed E-state index contributed by atoms with van der Waals surface area (Å²) in [7, 11) is 0. The first kappa shape index (κ1) is 15.8. The van der Waals surface area contributed by atoms with Gasteiger partial charge in [-0.25, -0.2) is 0 Å². The number of nitrogens with one attached hydrogen (secondary N) is 1. The molecule has 0 atom stereocenters. The molecule has 1 aliphatic heterocycles. The average Bonchev–Trinajstić information content (AvgIpc) is 2.49. The molecule has 2 fully saturated rings. The third-order valence-electron chi connectivity index (χ3n) is 5.10. The molecule has 0 radical (unpaired) electrons. The largest absolute Gasteiger partial charge is 0.381 e. The fraction of sp³-hybridized carbons (Fsp3) is 0.938. The van der Waals surface area contributed by atoms with Gasteiger partial charge in [0, 0.05) is 26.2 Å². The highest BCUT2D eigenvalue weighted by Gasteiger charge is 2.32. The summed E-state index contributed by atoms with van der Waals surface area (Å²) in [4.78, 5) is 12.1. The topological polar surface area (TPSA) is 64.4 Å². The van der Waals surface area contributed by atoms with Gasteiger partial charge in [-0.15, -0.1) is 0 Å². The minimum Gasteiger partial charge on any atom is -0.381 e. The molecule has 1 saturated heterocycles. The maximum atomic E-state index is 12.1. The van der Waals surface area contributed by atoms with E-state index in [2.05, 4.69) is 5.32 Å². The smallest absolute Gasteiger partial charge is 0.220 e. The standard InChI is InChI=1S/C16H30N2O2/c17-13-16(7-2-1-3-8-16)12-15(19)18-9-4-14-5-10-20-11-6-14/h14H,1-13,17H2,(H,18,19). The molecule has 2 aliphatic rings. The molecule has 20 heavy (non-hydrogen) atoms. The molecule has 0 bridgehead atoms. The number of hydrogen-bond acceptors (Lipinski definition) is 3. The Kier molecular flexibility index (Phi) is 6.30. The Morgan fingerprint density at radius 1 is 1.20 bits per heavy atom. The lowest BCUT2D eigenvalue weighted by Crippen LogP contribution is -2.39. The van der Waals surface area contributed by atoms with Gasteiger partial charge < -0.3 is 15.8 Å². The summed E-state index contributed by atoms with van der Waals surface area (Å²) >= 11 is 0. The molecule has 4 nitrogen and oxygen atoms in total. The van der Waals surface area contributed by atoms with Gasteiger partial charge in [-0.1, -0.05) is 19.3 Å². The molecule has 3 N–H and O–H groups in total. The maximum Gasteiger partial charge on any atom is 0.220 e. The third-order valence-corrected chi connectivity index (χ3v) is 5.10. The van der Waals surface area contributed by atoms with E-state index in [1.807, 2.05) is 0 Å². The van der Waals surface area contributed by atoms with Gasteiger partial charge in [0.25, 0.3) is 0 Å². The van der Waals surface area contributed by atoms with Crippen LogP contribution in [-0.4, -0.2) is 32.2 Å². The van der Waals surface area contributed by atoms with Crippen LogP contribution < -0.4 is 11.1 Å². The first-order chi connectivity index (χ1) is 9.74. The van der Waals surface area contributed by atoms with Gasteiger partial charge in [0.1, 0.15) is 0 Å². The van der Waals surface area contributed by atoms with Gasteiger partial charge in [-0.05, 0) is 50.0 Å². The quantitative estimate of drug-likeness (QED) is 0.785. The second-order valence-corrected chi connectivity index (χ2v) is 6.64. The Morgan fingerprint density at radius 2 is 1.90 bits per heavy atom. The number of amides is 1. The second kappa shape index (κ2) is 7.99. The zero-order valence-corrected chi connectivity index (χ0v) is 12.7. The van der Waals surface area contributed by atoms with Crippen molar-refractivity contribution in [2.45, 2.75) is 57.8 Å². The molecule has 4 heteroatoms. The van der Waals surface area contributed by atoms with E-state index in [-0.39, 0.29) is 11.3 Å². The molecular weight excluding hydrogens is 252 g/mol. The number of ether oxygens (including phenoxy) is 1. The second-order valence-electron chi connectivity index (χ2n) is 6.64. The van der Waals surface area contributed by atoms with Gasteiger partial charge in [-0.2, -0.15) is 0 Å². The fourth-order valence-corrected chi connectivity index (χ4v) is 3.61. The molecular formula is C16H30N2O2. The minimum atomic E-state index is 0.0843. The lowest BCUT2D eigenvalue weighted by molar-refractivity contribution is -0.123. The van der Waals surface area contributed by atoms with E-state index in [9.17, 15) is 4.79 Å². The highest BCUT2D eigenvalue weighted by atomic mass is 16.5. The normalized spacial score (nSPS) is 23.4. The lowest BCUT2D eigenvalue weighted by atomic mass is 9.71. The SMILES string of the molecule is NCC1(CC(=O)NCCC2CCOCC2)CCCCC1. The summed E-state index contributed by atoms with van der Waals surface area (Å²) in [6.07, 6.45) is 9.99. The number of rotatable bonds is 6. The Morgan fingerprint density at radius 3 is 2.55 bits per heavy atom. The summed E-state index contributed by atoms with van der Waals surface area (Å²) in [5, 5.41) is 3.10. The Labute approximate surface area is 122 Å². The van der Waals surface area contributed by atoms with Gasteiger partial charge in [-0.3, -0.25) is 4.79 Å². The van der Waals surface area contributed by atoms with E-state index in [0.29, 0.717) is 13.0 Å². The summed E-state index contributed by atoms with van der Waals surface area (Å²) in [5.74, 6) is 0.923. The van der Waals surface area contributed by atoms with Crippen LogP contribution in [0.4, 0.5) is 0 Å². The van der Waals surface area contributed by atoms with Crippen LogP contribution in [0.15, 0.2) is 0 Å². The van der Waals surface area contributed by atoms with E-state index < -0.39 is 0 Å². The van der Waals surface area contributed by atoms with E-state index >= 15 is 0 Å². The number of carbonyl (C=O) groups excluding carboxylic acids is 1. The predicted octanol–water partition coefficient (Wildman–Crippen LogP) is 2.22. The van der Waals surface area contributed by atoms with E-state index in [4.69, 9.17) is 10.5 Å². The molecule has 1 heterocycles. The van der Waals surface area contributed by atoms with E-state index in [0.717, 1.165) is 57.8 Å².